The highest BCUT2D eigenvalue weighted by atomic mass is 32.2. The number of nitrogens with two attached hydrogens (primary N) is 1. The van der Waals surface area contributed by atoms with E-state index in [1.54, 1.807) is 26.8 Å². The number of carbonyl (C=O) groups excluding carboxylic acids is 1. The maximum absolute atomic E-state index is 12.0. The van der Waals surface area contributed by atoms with Crippen molar-refractivity contribution in [2.24, 2.45) is 5.14 Å². The zero-order valence-electron chi connectivity index (χ0n) is 11.3. The third-order valence-electron chi connectivity index (χ3n) is 2.29. The van der Waals surface area contributed by atoms with Crippen LogP contribution in [0, 0.1) is 0 Å². The van der Waals surface area contributed by atoms with Gasteiger partial charge in [0.25, 0.3) is 0 Å². The molecule has 0 unspecified atom stereocenters. The fraction of sp³-hybridized carbons (Fsp3) is 0.727. The van der Waals surface area contributed by atoms with E-state index in [0.717, 1.165) is 12.8 Å². The van der Waals surface area contributed by atoms with Crippen molar-refractivity contribution < 1.29 is 22.2 Å². The van der Waals surface area contributed by atoms with E-state index in [0.29, 0.717) is 11.5 Å². The zero-order chi connectivity index (χ0) is 14.7. The Labute approximate surface area is 113 Å². The molecule has 8 heteroatoms. The van der Waals surface area contributed by atoms with Crippen molar-refractivity contribution in [1.82, 2.24) is 5.06 Å². The predicted octanol–water partition coefficient (Wildman–Crippen LogP) is 1.47. The summed E-state index contributed by atoms with van der Waals surface area (Å²) >= 11 is 0. The molecule has 19 heavy (non-hydrogen) atoms. The summed E-state index contributed by atoms with van der Waals surface area (Å²) in [5.41, 5.74) is -0.755. The molecule has 0 saturated carbocycles. The lowest BCUT2D eigenvalue weighted by Crippen LogP contribution is -2.45. The van der Waals surface area contributed by atoms with Gasteiger partial charge in [0.1, 0.15) is 5.60 Å². The first-order valence-electron chi connectivity index (χ1n) is 6.00. The Balaban J connectivity index is 2.88. The standard InChI is InChI=1S/C11H20N2O5S/c1-11(2,3)17-10(14)13(18-19(12,15)16)9-7-5-4-6-8-9/h5,7,9H,4,6,8H2,1-3H3,(H2,12,15,16)/t9-/m0/s1. The fourth-order valence-electron chi connectivity index (χ4n) is 1.63. The molecule has 0 saturated heterocycles. The summed E-state index contributed by atoms with van der Waals surface area (Å²) in [5.74, 6) is 0. The number of hydrogen-bond acceptors (Lipinski definition) is 5. The minimum atomic E-state index is -4.28. The van der Waals surface area contributed by atoms with E-state index in [1.807, 2.05) is 6.08 Å². The summed E-state index contributed by atoms with van der Waals surface area (Å²) in [6, 6.07) is -0.498. The average molecular weight is 292 g/mol. The predicted molar refractivity (Wildman–Crippen MR) is 69.0 cm³/mol. The molecule has 2 N–H and O–H groups in total. The molecule has 0 aromatic carbocycles. The second-order valence-electron chi connectivity index (χ2n) is 5.30. The van der Waals surface area contributed by atoms with E-state index in [1.165, 1.54) is 0 Å². The number of hydroxylamine groups is 2. The Bertz CT molecular complexity index is 452. The number of nitrogens with zero attached hydrogens (tertiary/aromatic N) is 1. The second-order valence-corrected chi connectivity index (χ2v) is 6.43. The van der Waals surface area contributed by atoms with Gasteiger partial charge in [0.2, 0.25) is 0 Å². The third-order valence-corrected chi connectivity index (χ3v) is 2.66. The van der Waals surface area contributed by atoms with Gasteiger partial charge in [-0.1, -0.05) is 12.2 Å². The van der Waals surface area contributed by atoms with Gasteiger partial charge < -0.3 is 4.74 Å². The molecular weight excluding hydrogens is 272 g/mol. The second kappa shape index (κ2) is 5.89. The smallest absolute Gasteiger partial charge is 0.436 e. The van der Waals surface area contributed by atoms with Crippen molar-refractivity contribution in [3.63, 3.8) is 0 Å². The quantitative estimate of drug-likeness (QED) is 0.627. The van der Waals surface area contributed by atoms with Gasteiger partial charge in [-0.25, -0.2) is 9.93 Å². The summed E-state index contributed by atoms with van der Waals surface area (Å²) in [6.07, 6.45) is 4.99. The van der Waals surface area contributed by atoms with Crippen molar-refractivity contribution in [3.8, 4) is 0 Å². The molecule has 1 aliphatic rings. The van der Waals surface area contributed by atoms with Crippen LogP contribution in [0.1, 0.15) is 40.0 Å². The van der Waals surface area contributed by atoms with Gasteiger partial charge in [-0.15, -0.1) is 4.28 Å². The van der Waals surface area contributed by atoms with E-state index in [-0.39, 0.29) is 0 Å². The number of hydrogen-bond donors (Lipinski definition) is 1. The van der Waals surface area contributed by atoms with Crippen LogP contribution in [0.5, 0.6) is 0 Å². The van der Waals surface area contributed by atoms with Gasteiger partial charge in [0, 0.05) is 0 Å². The van der Waals surface area contributed by atoms with Gasteiger partial charge in [-0.05, 0) is 40.0 Å². The maximum Gasteiger partial charge on any atom is 0.436 e. The summed E-state index contributed by atoms with van der Waals surface area (Å²) in [4.78, 5) is 12.0. The van der Waals surface area contributed by atoms with Gasteiger partial charge in [-0.2, -0.15) is 13.5 Å². The molecule has 1 atom stereocenters. The van der Waals surface area contributed by atoms with E-state index >= 15 is 0 Å². The minimum Gasteiger partial charge on any atom is -0.442 e. The highest BCUT2D eigenvalue weighted by Gasteiger charge is 2.31. The van der Waals surface area contributed by atoms with E-state index in [2.05, 4.69) is 4.28 Å². The third kappa shape index (κ3) is 6.04. The summed E-state index contributed by atoms with van der Waals surface area (Å²) in [6.45, 7) is 5.03. The van der Waals surface area contributed by atoms with E-state index in [4.69, 9.17) is 9.88 Å². The van der Waals surface area contributed by atoms with Crippen molar-refractivity contribution in [2.75, 3.05) is 0 Å². The lowest BCUT2D eigenvalue weighted by molar-refractivity contribution is -0.0856. The molecule has 7 nitrogen and oxygen atoms in total. The SMILES string of the molecule is CC(C)(C)OC(=O)N(OS(N)(=O)=O)[C@H]1C=CCCC1. The van der Waals surface area contributed by atoms with Crippen molar-refractivity contribution >= 4 is 16.4 Å². The van der Waals surface area contributed by atoms with Gasteiger partial charge in [0.15, 0.2) is 0 Å². The van der Waals surface area contributed by atoms with Crippen LogP contribution in [0.3, 0.4) is 0 Å². The molecule has 1 rings (SSSR count). The molecule has 0 spiro atoms. The Morgan fingerprint density at radius 3 is 2.47 bits per heavy atom. The first-order valence-corrected chi connectivity index (χ1v) is 7.47. The van der Waals surface area contributed by atoms with Gasteiger partial charge >= 0.3 is 16.4 Å². The number of rotatable bonds is 3. The number of allylic oxidation sites excluding steroid dienone is 1. The van der Waals surface area contributed by atoms with Crippen LogP contribution in [0.15, 0.2) is 12.2 Å². The van der Waals surface area contributed by atoms with Gasteiger partial charge in [0.05, 0.1) is 6.04 Å². The van der Waals surface area contributed by atoms with E-state index < -0.39 is 28.0 Å². The molecule has 110 valence electrons. The molecule has 1 amide bonds. The highest BCUT2D eigenvalue weighted by Crippen LogP contribution is 2.20. The molecule has 0 aromatic rings. The van der Waals surface area contributed by atoms with Crippen LogP contribution >= 0.6 is 0 Å². The Morgan fingerprint density at radius 2 is 2.05 bits per heavy atom. The number of carbonyl (C=O) groups is 1. The molecule has 1 aliphatic carbocycles. The molecule has 0 radical (unpaired) electrons. The van der Waals surface area contributed by atoms with E-state index in [9.17, 15) is 13.2 Å². The van der Waals surface area contributed by atoms with Crippen LogP contribution in [0.25, 0.3) is 0 Å². The largest absolute Gasteiger partial charge is 0.442 e. The van der Waals surface area contributed by atoms with Crippen molar-refractivity contribution in [1.29, 1.82) is 0 Å². The van der Waals surface area contributed by atoms with Gasteiger partial charge in [-0.3, -0.25) is 0 Å². The molecular formula is C11H20N2O5S. The lowest BCUT2D eigenvalue weighted by Gasteiger charge is -2.30. The Hall–Kier alpha value is -1.12. The fourth-order valence-corrected chi connectivity index (χ4v) is 2.02. The normalized spacial score (nSPS) is 20.1. The zero-order valence-corrected chi connectivity index (χ0v) is 12.1. The topological polar surface area (TPSA) is 98.9 Å². The van der Waals surface area contributed by atoms with Crippen LogP contribution < -0.4 is 5.14 Å². The van der Waals surface area contributed by atoms with Crippen LogP contribution in [0.4, 0.5) is 4.79 Å². The lowest BCUT2D eigenvalue weighted by atomic mass is 10.0. The molecule has 0 fully saturated rings. The summed E-state index contributed by atoms with van der Waals surface area (Å²) < 4.78 is 31.7. The highest BCUT2D eigenvalue weighted by molar-refractivity contribution is 7.84. The molecule has 0 heterocycles. The van der Waals surface area contributed by atoms with Crippen LogP contribution in [-0.4, -0.2) is 31.2 Å². The van der Waals surface area contributed by atoms with Crippen LogP contribution in [0.2, 0.25) is 0 Å². The first kappa shape index (κ1) is 15.9. The number of ether oxygens (including phenoxy) is 1. The minimum absolute atomic E-state index is 0.498. The summed E-state index contributed by atoms with van der Waals surface area (Å²) in [5, 5.41) is 5.50. The maximum atomic E-state index is 12.0. The molecule has 0 aliphatic heterocycles. The molecule has 0 aromatic heterocycles. The number of amides is 1. The Kier molecular flexibility index (Phi) is 4.94. The van der Waals surface area contributed by atoms with Crippen molar-refractivity contribution in [3.05, 3.63) is 12.2 Å². The van der Waals surface area contributed by atoms with Crippen molar-refractivity contribution in [2.45, 2.75) is 51.7 Å². The van der Waals surface area contributed by atoms with Crippen LogP contribution in [-0.2, 0) is 19.3 Å². The molecule has 0 bridgehead atoms. The Morgan fingerprint density at radius 1 is 1.42 bits per heavy atom. The summed E-state index contributed by atoms with van der Waals surface area (Å²) in [7, 11) is -4.28. The first-order chi connectivity index (χ1) is 8.58. The monoisotopic (exact) mass is 292 g/mol. The average Bonchev–Trinajstić information content (AvgIpc) is 2.23.